The number of halogens is 7. The summed E-state index contributed by atoms with van der Waals surface area (Å²) in [5, 5.41) is 3.55. The molecule has 0 atom stereocenters. The van der Waals surface area contributed by atoms with Crippen LogP contribution >= 0.6 is 11.6 Å². The summed E-state index contributed by atoms with van der Waals surface area (Å²) in [5.74, 6) is -0.259. The molecule has 0 unspecified atom stereocenters. The van der Waals surface area contributed by atoms with Gasteiger partial charge in [0.1, 0.15) is 0 Å². The molecule has 2 rings (SSSR count). The van der Waals surface area contributed by atoms with Gasteiger partial charge in [-0.25, -0.2) is 0 Å². The van der Waals surface area contributed by atoms with Gasteiger partial charge >= 0.3 is 12.4 Å². The molecule has 0 aromatic heterocycles. The van der Waals surface area contributed by atoms with Crippen LogP contribution in [0.25, 0.3) is 0 Å². The summed E-state index contributed by atoms with van der Waals surface area (Å²) in [7, 11) is 0. The van der Waals surface area contributed by atoms with Gasteiger partial charge in [0.2, 0.25) is 0 Å². The molecule has 25 heavy (non-hydrogen) atoms. The quantitative estimate of drug-likeness (QED) is 0.353. The molecule has 2 aromatic rings. The zero-order valence-electron chi connectivity index (χ0n) is 12.5. The average molecular weight is 382 g/mol. The molecule has 0 spiro atoms. The predicted octanol–water partition coefficient (Wildman–Crippen LogP) is 6.18. The van der Waals surface area contributed by atoms with E-state index < -0.39 is 23.5 Å². The van der Waals surface area contributed by atoms with Gasteiger partial charge in [0.25, 0.3) is 0 Å². The highest BCUT2D eigenvalue weighted by Crippen LogP contribution is 2.34. The summed E-state index contributed by atoms with van der Waals surface area (Å²) in [6.45, 7) is 1.23. The van der Waals surface area contributed by atoms with Crippen molar-refractivity contribution in [2.24, 2.45) is 5.16 Å². The lowest BCUT2D eigenvalue weighted by Crippen LogP contribution is -2.12. The summed E-state index contributed by atoms with van der Waals surface area (Å²) in [4.78, 5) is 4.84. The molecular weight excluding hydrogens is 372 g/mol. The maximum Gasteiger partial charge on any atom is 0.417 e. The van der Waals surface area contributed by atoms with Crippen molar-refractivity contribution in [2.75, 3.05) is 0 Å². The summed E-state index contributed by atoms with van der Waals surface area (Å²) in [6, 6.07) is 6.76. The minimum atomic E-state index is -4.65. The summed E-state index contributed by atoms with van der Waals surface area (Å²) < 4.78 is 77.0. The van der Waals surface area contributed by atoms with Crippen molar-refractivity contribution in [2.45, 2.75) is 19.3 Å². The maximum absolute atomic E-state index is 13.0. The van der Waals surface area contributed by atoms with Crippen LogP contribution in [0.15, 0.2) is 47.6 Å². The monoisotopic (exact) mass is 381 g/mol. The second kappa shape index (κ2) is 6.95. The molecule has 0 N–H and O–H groups in total. The Kier molecular flexibility index (Phi) is 5.31. The molecule has 134 valence electrons. The van der Waals surface area contributed by atoms with Crippen molar-refractivity contribution in [3.05, 3.63) is 64.2 Å². The molecule has 0 saturated heterocycles. The Morgan fingerprint density at radius 2 is 1.64 bits per heavy atom. The third-order valence-corrected chi connectivity index (χ3v) is 3.36. The van der Waals surface area contributed by atoms with Gasteiger partial charge in [-0.3, -0.25) is 0 Å². The lowest BCUT2D eigenvalue weighted by Gasteiger charge is -2.13. The molecule has 2 aromatic carbocycles. The van der Waals surface area contributed by atoms with E-state index in [1.807, 2.05) is 0 Å². The van der Waals surface area contributed by atoms with Crippen LogP contribution in [-0.4, -0.2) is 5.71 Å². The minimum Gasteiger partial charge on any atom is -0.357 e. The molecule has 0 radical (unpaired) electrons. The van der Waals surface area contributed by atoms with E-state index >= 15 is 0 Å². The fourth-order valence-corrected chi connectivity index (χ4v) is 2.13. The first-order valence-electron chi connectivity index (χ1n) is 6.74. The fourth-order valence-electron chi connectivity index (χ4n) is 1.96. The highest BCUT2D eigenvalue weighted by atomic mass is 35.5. The molecular formula is C16H10ClF6NO. The Morgan fingerprint density at radius 1 is 0.960 bits per heavy atom. The van der Waals surface area contributed by atoms with Gasteiger partial charge in [-0.2, -0.15) is 26.3 Å². The molecule has 2 nitrogen and oxygen atoms in total. The van der Waals surface area contributed by atoms with E-state index in [0.717, 1.165) is 30.3 Å². The second-order valence-electron chi connectivity index (χ2n) is 4.98. The third kappa shape index (κ3) is 4.88. The third-order valence-electron chi connectivity index (χ3n) is 3.13. The fraction of sp³-hybridized carbons (Fsp3) is 0.188. The summed E-state index contributed by atoms with van der Waals surface area (Å²) >= 11 is 5.71. The van der Waals surface area contributed by atoms with Crippen molar-refractivity contribution >= 4 is 17.3 Å². The number of oxime groups is 1. The average Bonchev–Trinajstić information content (AvgIpc) is 2.50. The Hall–Kier alpha value is -2.22. The van der Waals surface area contributed by atoms with E-state index in [2.05, 4.69) is 5.16 Å². The standard InChI is InChI=1S/C16H10ClF6NO/c1-9(13-8-11(17)5-6-14(13)16(21,22)23)24-25-12-4-2-3-10(7-12)15(18,19)20/h2-8H,1H3/b24-9+. The largest absolute Gasteiger partial charge is 0.417 e. The number of alkyl halides is 6. The van der Waals surface area contributed by atoms with Crippen LogP contribution in [0.3, 0.4) is 0 Å². The Morgan fingerprint density at radius 3 is 2.24 bits per heavy atom. The van der Waals surface area contributed by atoms with Crippen LogP contribution in [0.4, 0.5) is 26.3 Å². The van der Waals surface area contributed by atoms with Crippen molar-refractivity contribution in [3.63, 3.8) is 0 Å². The maximum atomic E-state index is 13.0. The predicted molar refractivity (Wildman–Crippen MR) is 80.7 cm³/mol. The van der Waals surface area contributed by atoms with Crippen molar-refractivity contribution in [1.82, 2.24) is 0 Å². The molecule has 0 heterocycles. The number of nitrogens with zero attached hydrogens (tertiary/aromatic N) is 1. The molecule has 0 amide bonds. The van der Waals surface area contributed by atoms with Gasteiger partial charge in [-0.1, -0.05) is 22.8 Å². The van der Waals surface area contributed by atoms with Crippen LogP contribution in [0, 0.1) is 0 Å². The number of rotatable bonds is 3. The van der Waals surface area contributed by atoms with Crippen LogP contribution in [0.1, 0.15) is 23.6 Å². The highest BCUT2D eigenvalue weighted by molar-refractivity contribution is 6.31. The number of benzene rings is 2. The van der Waals surface area contributed by atoms with Gasteiger partial charge < -0.3 is 4.84 Å². The van der Waals surface area contributed by atoms with Gasteiger partial charge in [0.05, 0.1) is 16.8 Å². The van der Waals surface area contributed by atoms with E-state index in [9.17, 15) is 26.3 Å². The molecule has 0 saturated carbocycles. The molecule has 0 bridgehead atoms. The van der Waals surface area contributed by atoms with Crippen LogP contribution in [-0.2, 0) is 12.4 Å². The smallest absolute Gasteiger partial charge is 0.357 e. The molecule has 9 heteroatoms. The lowest BCUT2D eigenvalue weighted by molar-refractivity contribution is -0.138. The summed E-state index contributed by atoms with van der Waals surface area (Å²) in [6.07, 6.45) is -9.22. The van der Waals surface area contributed by atoms with E-state index in [4.69, 9.17) is 16.4 Å². The molecule has 0 fully saturated rings. The number of hydrogen-bond acceptors (Lipinski definition) is 2. The van der Waals surface area contributed by atoms with Crippen LogP contribution in [0.5, 0.6) is 5.75 Å². The van der Waals surface area contributed by atoms with Crippen LogP contribution in [0.2, 0.25) is 5.02 Å². The van der Waals surface area contributed by atoms with E-state index in [1.165, 1.54) is 13.0 Å². The first-order valence-corrected chi connectivity index (χ1v) is 7.12. The van der Waals surface area contributed by atoms with Crippen molar-refractivity contribution in [3.8, 4) is 5.75 Å². The van der Waals surface area contributed by atoms with E-state index in [-0.39, 0.29) is 22.0 Å². The van der Waals surface area contributed by atoms with E-state index in [0.29, 0.717) is 6.07 Å². The first kappa shape index (κ1) is 19.1. The topological polar surface area (TPSA) is 21.6 Å². The van der Waals surface area contributed by atoms with Crippen molar-refractivity contribution < 1.29 is 31.2 Å². The van der Waals surface area contributed by atoms with Gasteiger partial charge in [0, 0.05) is 10.6 Å². The summed E-state index contributed by atoms with van der Waals surface area (Å²) in [5.41, 5.74) is -2.46. The highest BCUT2D eigenvalue weighted by Gasteiger charge is 2.34. The molecule has 0 aliphatic carbocycles. The number of hydrogen-bond donors (Lipinski definition) is 0. The van der Waals surface area contributed by atoms with Gasteiger partial charge in [-0.05, 0) is 43.3 Å². The Bertz CT molecular complexity index is 798. The zero-order chi connectivity index (χ0) is 18.8. The molecule has 0 aliphatic rings. The Labute approximate surface area is 143 Å². The second-order valence-corrected chi connectivity index (χ2v) is 5.42. The van der Waals surface area contributed by atoms with Crippen molar-refractivity contribution in [1.29, 1.82) is 0 Å². The zero-order valence-corrected chi connectivity index (χ0v) is 13.3. The van der Waals surface area contributed by atoms with Gasteiger partial charge in [0.15, 0.2) is 5.75 Å². The SMILES string of the molecule is C/C(=N\Oc1cccc(C(F)(F)F)c1)c1cc(Cl)ccc1C(F)(F)F. The van der Waals surface area contributed by atoms with E-state index in [1.54, 1.807) is 0 Å². The first-order chi connectivity index (χ1) is 11.5. The molecule has 0 aliphatic heterocycles. The normalized spacial score (nSPS) is 13.0. The lowest BCUT2D eigenvalue weighted by atomic mass is 10.0. The minimum absolute atomic E-state index is 0.0524. The Balaban J connectivity index is 2.33. The van der Waals surface area contributed by atoms with Gasteiger partial charge in [-0.15, -0.1) is 0 Å². The van der Waals surface area contributed by atoms with Crippen LogP contribution < -0.4 is 4.84 Å².